The summed E-state index contributed by atoms with van der Waals surface area (Å²) < 4.78 is 37.2. The van der Waals surface area contributed by atoms with Crippen LogP contribution < -0.4 is 10.1 Å². The number of carbonyl (C=O) groups is 1. The van der Waals surface area contributed by atoms with E-state index in [0.717, 1.165) is 19.3 Å². The molecule has 0 saturated carbocycles. The molecule has 1 aromatic carbocycles. The maximum Gasteiger partial charge on any atom is 0.291 e. The van der Waals surface area contributed by atoms with Gasteiger partial charge in [-0.05, 0) is 56.2 Å². The van der Waals surface area contributed by atoms with E-state index in [4.69, 9.17) is 9.15 Å². The maximum atomic E-state index is 12.6. The van der Waals surface area contributed by atoms with Crippen molar-refractivity contribution in [3.63, 3.8) is 0 Å². The zero-order valence-electron chi connectivity index (χ0n) is 14.6. The number of carbonyl (C=O) groups excluding carboxylic acids is 1. The second-order valence-corrected chi connectivity index (χ2v) is 7.86. The topological polar surface area (TPSA) is 88.8 Å². The summed E-state index contributed by atoms with van der Waals surface area (Å²) in [7, 11) is -3.69. The Labute approximate surface area is 153 Å². The molecule has 1 fully saturated rings. The SMILES string of the molecule is CCOc1ccc(NC(=O)c2ccc(S(=O)(=O)N3CCCCC3)o2)cc1. The molecule has 0 radical (unpaired) electrons. The number of nitrogens with one attached hydrogen (secondary N) is 1. The zero-order chi connectivity index (χ0) is 18.6. The summed E-state index contributed by atoms with van der Waals surface area (Å²) in [6.07, 6.45) is 2.70. The van der Waals surface area contributed by atoms with Gasteiger partial charge in [0, 0.05) is 18.8 Å². The molecule has 7 nitrogen and oxygen atoms in total. The second kappa shape index (κ2) is 7.92. The summed E-state index contributed by atoms with van der Waals surface area (Å²) in [5, 5.41) is 2.48. The number of ether oxygens (including phenoxy) is 1. The monoisotopic (exact) mass is 378 g/mol. The van der Waals surface area contributed by atoms with Gasteiger partial charge in [-0.25, -0.2) is 8.42 Å². The van der Waals surface area contributed by atoms with Crippen molar-refractivity contribution in [2.75, 3.05) is 25.0 Å². The Balaban J connectivity index is 1.69. The third-order valence-electron chi connectivity index (χ3n) is 4.14. The largest absolute Gasteiger partial charge is 0.494 e. The summed E-state index contributed by atoms with van der Waals surface area (Å²) >= 11 is 0. The van der Waals surface area contributed by atoms with Crippen LogP contribution >= 0.6 is 0 Å². The van der Waals surface area contributed by atoms with Crippen molar-refractivity contribution in [1.82, 2.24) is 4.31 Å². The van der Waals surface area contributed by atoms with Gasteiger partial charge in [0.1, 0.15) is 5.75 Å². The molecule has 1 saturated heterocycles. The normalized spacial score (nSPS) is 15.6. The van der Waals surface area contributed by atoms with Gasteiger partial charge in [0.15, 0.2) is 5.76 Å². The van der Waals surface area contributed by atoms with Crippen molar-refractivity contribution >= 4 is 21.6 Å². The minimum atomic E-state index is -3.69. The van der Waals surface area contributed by atoms with E-state index in [0.29, 0.717) is 31.1 Å². The second-order valence-electron chi connectivity index (χ2n) is 5.99. The number of hydrogen-bond acceptors (Lipinski definition) is 5. The lowest BCUT2D eigenvalue weighted by atomic mass is 10.2. The summed E-state index contributed by atoms with van der Waals surface area (Å²) in [6.45, 7) is 3.42. The first-order chi connectivity index (χ1) is 12.5. The lowest BCUT2D eigenvalue weighted by Gasteiger charge is -2.24. The summed E-state index contributed by atoms with van der Waals surface area (Å²) in [6, 6.07) is 9.60. The van der Waals surface area contributed by atoms with Gasteiger partial charge in [-0.15, -0.1) is 0 Å². The van der Waals surface area contributed by atoms with E-state index in [9.17, 15) is 13.2 Å². The number of hydrogen-bond donors (Lipinski definition) is 1. The van der Waals surface area contributed by atoms with Crippen LogP contribution in [0, 0.1) is 0 Å². The van der Waals surface area contributed by atoms with Gasteiger partial charge >= 0.3 is 0 Å². The van der Waals surface area contributed by atoms with Gasteiger partial charge in [0.05, 0.1) is 6.61 Å². The van der Waals surface area contributed by atoms with Crippen molar-refractivity contribution < 1.29 is 22.4 Å². The van der Waals surface area contributed by atoms with Gasteiger partial charge in [0.25, 0.3) is 15.9 Å². The van der Waals surface area contributed by atoms with Crippen LogP contribution in [0.2, 0.25) is 0 Å². The Kier molecular flexibility index (Phi) is 5.63. The zero-order valence-corrected chi connectivity index (χ0v) is 15.4. The van der Waals surface area contributed by atoms with Crippen LogP contribution in [-0.2, 0) is 10.0 Å². The Hall–Kier alpha value is -2.32. The van der Waals surface area contributed by atoms with Crippen molar-refractivity contribution in [1.29, 1.82) is 0 Å². The summed E-state index contributed by atoms with van der Waals surface area (Å²) in [4.78, 5) is 12.3. The third-order valence-corrected chi connectivity index (χ3v) is 5.91. The summed E-state index contributed by atoms with van der Waals surface area (Å²) in [5.41, 5.74) is 0.565. The van der Waals surface area contributed by atoms with Crippen LogP contribution in [0.25, 0.3) is 0 Å². The molecular formula is C18H22N2O5S. The van der Waals surface area contributed by atoms with Crippen LogP contribution in [0.5, 0.6) is 5.75 Å². The van der Waals surface area contributed by atoms with Gasteiger partial charge in [-0.1, -0.05) is 6.42 Å². The highest BCUT2D eigenvalue weighted by molar-refractivity contribution is 7.89. The van der Waals surface area contributed by atoms with Crippen LogP contribution in [0.3, 0.4) is 0 Å². The molecule has 26 heavy (non-hydrogen) atoms. The molecule has 1 amide bonds. The van der Waals surface area contributed by atoms with Crippen LogP contribution in [0.4, 0.5) is 5.69 Å². The number of anilines is 1. The molecule has 2 aromatic rings. The Morgan fingerprint density at radius 3 is 2.46 bits per heavy atom. The van der Waals surface area contributed by atoms with E-state index in [2.05, 4.69) is 5.32 Å². The fourth-order valence-electron chi connectivity index (χ4n) is 2.81. The van der Waals surface area contributed by atoms with Crippen molar-refractivity contribution in [3.8, 4) is 5.75 Å². The van der Waals surface area contributed by atoms with Gasteiger partial charge < -0.3 is 14.5 Å². The van der Waals surface area contributed by atoms with E-state index in [-0.39, 0.29) is 10.9 Å². The van der Waals surface area contributed by atoms with E-state index < -0.39 is 15.9 Å². The van der Waals surface area contributed by atoms with Crippen molar-refractivity contribution in [3.05, 3.63) is 42.2 Å². The van der Waals surface area contributed by atoms with Gasteiger partial charge in [-0.2, -0.15) is 4.31 Å². The number of benzene rings is 1. The molecule has 3 rings (SSSR count). The highest BCUT2D eigenvalue weighted by atomic mass is 32.2. The molecule has 1 aliphatic heterocycles. The van der Waals surface area contributed by atoms with Gasteiger partial charge in [0.2, 0.25) is 5.09 Å². The molecule has 140 valence electrons. The maximum absolute atomic E-state index is 12.6. The number of amides is 1. The average Bonchev–Trinajstić information content (AvgIpc) is 3.15. The molecule has 0 aliphatic carbocycles. The number of piperidine rings is 1. The number of nitrogens with zero attached hydrogens (tertiary/aromatic N) is 1. The fourth-order valence-corrected chi connectivity index (χ4v) is 4.24. The van der Waals surface area contributed by atoms with Gasteiger partial charge in [-0.3, -0.25) is 4.79 Å². The molecule has 8 heteroatoms. The quantitative estimate of drug-likeness (QED) is 0.834. The molecule has 1 aromatic heterocycles. The number of sulfonamides is 1. The Morgan fingerprint density at radius 1 is 1.12 bits per heavy atom. The predicted octanol–water partition coefficient (Wildman–Crippen LogP) is 3.11. The molecule has 0 spiro atoms. The first kappa shape index (κ1) is 18.5. The van der Waals surface area contributed by atoms with Crippen molar-refractivity contribution in [2.24, 2.45) is 0 Å². The molecule has 1 aliphatic rings. The van der Waals surface area contributed by atoms with E-state index in [1.54, 1.807) is 24.3 Å². The smallest absolute Gasteiger partial charge is 0.291 e. The fraction of sp³-hybridized carbons (Fsp3) is 0.389. The van der Waals surface area contributed by atoms with Crippen molar-refractivity contribution in [2.45, 2.75) is 31.3 Å². The standard InChI is InChI=1S/C18H22N2O5S/c1-2-24-15-8-6-14(7-9-15)19-18(21)16-10-11-17(25-16)26(22,23)20-12-4-3-5-13-20/h6-11H,2-5,12-13H2,1H3,(H,19,21). The van der Waals surface area contributed by atoms with E-state index in [1.165, 1.54) is 16.4 Å². The Bertz CT molecular complexity index is 852. The third kappa shape index (κ3) is 4.08. The highest BCUT2D eigenvalue weighted by Crippen LogP contribution is 2.23. The molecule has 1 N–H and O–H groups in total. The summed E-state index contributed by atoms with van der Waals surface area (Å²) in [5.74, 6) is 0.155. The number of furan rings is 1. The predicted molar refractivity (Wildman–Crippen MR) is 96.9 cm³/mol. The molecular weight excluding hydrogens is 356 g/mol. The van der Waals surface area contributed by atoms with Crippen LogP contribution in [0.15, 0.2) is 45.9 Å². The lowest BCUT2D eigenvalue weighted by molar-refractivity contribution is 0.0991. The molecule has 2 heterocycles. The first-order valence-electron chi connectivity index (χ1n) is 8.65. The first-order valence-corrected chi connectivity index (χ1v) is 10.1. The van der Waals surface area contributed by atoms with E-state index in [1.807, 2.05) is 6.92 Å². The van der Waals surface area contributed by atoms with Crippen LogP contribution in [0.1, 0.15) is 36.7 Å². The number of rotatable bonds is 6. The average molecular weight is 378 g/mol. The molecule has 0 bridgehead atoms. The Morgan fingerprint density at radius 2 is 1.81 bits per heavy atom. The highest BCUT2D eigenvalue weighted by Gasteiger charge is 2.29. The molecule has 0 unspecified atom stereocenters. The minimum absolute atomic E-state index is 0.0468. The van der Waals surface area contributed by atoms with E-state index >= 15 is 0 Å². The minimum Gasteiger partial charge on any atom is -0.494 e. The molecule has 0 atom stereocenters. The lowest BCUT2D eigenvalue weighted by Crippen LogP contribution is -2.35. The van der Waals surface area contributed by atoms with Crippen LogP contribution in [-0.4, -0.2) is 38.3 Å².